The number of thioether (sulfide) groups is 2. The van der Waals surface area contributed by atoms with Gasteiger partial charge >= 0.3 is 5.97 Å². The molecule has 7 N–H and O–H groups in total. The second-order valence-electron chi connectivity index (χ2n) is 7.27. The fourth-order valence-corrected chi connectivity index (χ4v) is 3.76. The van der Waals surface area contributed by atoms with Gasteiger partial charge in [-0.1, -0.05) is 12.1 Å². The molecule has 0 bridgehead atoms. The van der Waals surface area contributed by atoms with E-state index in [4.69, 9.17) is 10.8 Å². The molecule has 0 aliphatic heterocycles. The van der Waals surface area contributed by atoms with Crippen LogP contribution in [0.3, 0.4) is 0 Å². The molecule has 33 heavy (non-hydrogen) atoms. The predicted molar refractivity (Wildman–Crippen MR) is 130 cm³/mol. The van der Waals surface area contributed by atoms with Crippen LogP contribution >= 0.6 is 23.5 Å². The summed E-state index contributed by atoms with van der Waals surface area (Å²) in [6.45, 7) is -0.599. The van der Waals surface area contributed by atoms with Crippen molar-refractivity contribution < 1.29 is 29.4 Å². The van der Waals surface area contributed by atoms with Crippen LogP contribution in [-0.2, 0) is 25.6 Å². The number of phenols is 1. The molecule has 0 aliphatic carbocycles. The second-order valence-corrected chi connectivity index (χ2v) is 9.25. The lowest BCUT2D eigenvalue weighted by atomic mass is 10.0. The summed E-state index contributed by atoms with van der Waals surface area (Å²) in [5.41, 5.74) is 6.56. The van der Waals surface area contributed by atoms with Crippen molar-refractivity contribution in [3.05, 3.63) is 29.8 Å². The van der Waals surface area contributed by atoms with Gasteiger partial charge in [0, 0.05) is 6.42 Å². The highest BCUT2D eigenvalue weighted by molar-refractivity contribution is 7.98. The van der Waals surface area contributed by atoms with Gasteiger partial charge in [0.1, 0.15) is 24.4 Å². The smallest absolute Gasteiger partial charge is 0.322 e. The van der Waals surface area contributed by atoms with Crippen molar-refractivity contribution in [1.82, 2.24) is 16.0 Å². The van der Waals surface area contributed by atoms with Crippen molar-refractivity contribution in [3.8, 4) is 5.75 Å². The summed E-state index contributed by atoms with van der Waals surface area (Å²) in [6.07, 6.45) is 4.63. The van der Waals surface area contributed by atoms with E-state index in [0.717, 1.165) is 0 Å². The number of rotatable bonds is 15. The number of carbonyl (C=O) groups excluding carboxylic acids is 3. The molecule has 1 aromatic rings. The number of aromatic hydroxyl groups is 1. The Morgan fingerprint density at radius 2 is 1.48 bits per heavy atom. The number of benzene rings is 1. The van der Waals surface area contributed by atoms with Crippen molar-refractivity contribution in [2.75, 3.05) is 30.6 Å². The van der Waals surface area contributed by atoms with E-state index in [1.165, 1.54) is 23.9 Å². The normalized spacial score (nSPS) is 13.4. The first-order valence-corrected chi connectivity index (χ1v) is 13.1. The fourth-order valence-electron chi connectivity index (χ4n) is 2.79. The Labute approximate surface area is 201 Å². The first-order valence-electron chi connectivity index (χ1n) is 10.3. The number of carboxylic acids is 1. The van der Waals surface area contributed by atoms with E-state index in [1.54, 1.807) is 23.9 Å². The van der Waals surface area contributed by atoms with Gasteiger partial charge in [-0.05, 0) is 54.6 Å². The zero-order valence-electron chi connectivity index (χ0n) is 18.7. The molecule has 3 atom stereocenters. The maximum atomic E-state index is 13.0. The second kappa shape index (κ2) is 15.4. The molecule has 0 fully saturated rings. The lowest BCUT2D eigenvalue weighted by molar-refractivity contribution is -0.138. The summed E-state index contributed by atoms with van der Waals surface area (Å²) in [7, 11) is 0. The number of amides is 3. The Bertz CT molecular complexity index is 793. The third-order valence-corrected chi connectivity index (χ3v) is 5.92. The number of nitrogens with one attached hydrogen (secondary N) is 3. The molecule has 12 heteroatoms. The van der Waals surface area contributed by atoms with E-state index in [-0.39, 0.29) is 12.2 Å². The van der Waals surface area contributed by atoms with Crippen molar-refractivity contribution in [2.45, 2.75) is 37.4 Å². The Morgan fingerprint density at radius 1 is 0.909 bits per heavy atom. The first kappa shape index (κ1) is 28.6. The number of hydrogen-bond acceptors (Lipinski definition) is 8. The summed E-state index contributed by atoms with van der Waals surface area (Å²) in [5, 5.41) is 25.9. The lowest BCUT2D eigenvalue weighted by Crippen LogP contribution is -2.56. The molecule has 0 saturated carbocycles. The van der Waals surface area contributed by atoms with Gasteiger partial charge in [-0.3, -0.25) is 19.2 Å². The Hall–Kier alpha value is -2.44. The first-order chi connectivity index (χ1) is 15.7. The van der Waals surface area contributed by atoms with Gasteiger partial charge in [-0.2, -0.15) is 23.5 Å². The minimum Gasteiger partial charge on any atom is -0.508 e. The van der Waals surface area contributed by atoms with E-state index >= 15 is 0 Å². The van der Waals surface area contributed by atoms with Crippen LogP contribution in [0.5, 0.6) is 5.75 Å². The molecule has 0 spiro atoms. The molecule has 1 aromatic carbocycles. The average molecular weight is 501 g/mol. The number of nitrogens with two attached hydrogens (primary N) is 1. The highest BCUT2D eigenvalue weighted by atomic mass is 32.2. The zero-order chi connectivity index (χ0) is 24.8. The molecule has 3 unspecified atom stereocenters. The minimum absolute atomic E-state index is 0.0484. The predicted octanol–water partition coefficient (Wildman–Crippen LogP) is -0.0614. The standard InChI is InChI=1S/C21H32N4O6S2/c1-32-9-7-15(22)19(29)24-16(8-10-33-2)21(31)25-17(20(30)23-12-18(27)28)11-13-3-5-14(26)6-4-13/h3-6,15-17,26H,7-12,22H2,1-2H3,(H,23,30)(H,24,29)(H,25,31)(H,27,28). The van der Waals surface area contributed by atoms with Crippen LogP contribution in [0.2, 0.25) is 0 Å². The van der Waals surface area contributed by atoms with E-state index in [0.29, 0.717) is 29.9 Å². The molecule has 10 nitrogen and oxygen atoms in total. The fraction of sp³-hybridized carbons (Fsp3) is 0.524. The van der Waals surface area contributed by atoms with Crippen LogP contribution in [0.25, 0.3) is 0 Å². The monoisotopic (exact) mass is 500 g/mol. The molecule has 0 aliphatic rings. The molecule has 0 radical (unpaired) electrons. The number of aliphatic carboxylic acids is 1. The van der Waals surface area contributed by atoms with E-state index in [1.807, 2.05) is 12.5 Å². The number of carboxylic acid groups (broad SMARTS) is 1. The van der Waals surface area contributed by atoms with Gasteiger partial charge in [0.25, 0.3) is 0 Å². The van der Waals surface area contributed by atoms with Crippen LogP contribution in [0.1, 0.15) is 18.4 Å². The average Bonchev–Trinajstić information content (AvgIpc) is 2.79. The molecular formula is C21H32N4O6S2. The van der Waals surface area contributed by atoms with Gasteiger partial charge < -0.3 is 31.9 Å². The molecular weight excluding hydrogens is 468 g/mol. The van der Waals surface area contributed by atoms with Crippen LogP contribution in [0.15, 0.2) is 24.3 Å². The van der Waals surface area contributed by atoms with E-state index in [9.17, 15) is 24.3 Å². The summed E-state index contributed by atoms with van der Waals surface area (Å²) in [5.74, 6) is -1.57. The number of hydrogen-bond donors (Lipinski definition) is 6. The van der Waals surface area contributed by atoms with Gasteiger partial charge in [0.2, 0.25) is 17.7 Å². The van der Waals surface area contributed by atoms with Gasteiger partial charge in [-0.25, -0.2) is 0 Å². The topological polar surface area (TPSA) is 171 Å². The van der Waals surface area contributed by atoms with Gasteiger partial charge in [-0.15, -0.1) is 0 Å². The Balaban J connectivity index is 2.96. The molecule has 184 valence electrons. The van der Waals surface area contributed by atoms with Crippen LogP contribution in [0, 0.1) is 0 Å². The van der Waals surface area contributed by atoms with Crippen molar-refractivity contribution in [1.29, 1.82) is 0 Å². The minimum atomic E-state index is -1.22. The third-order valence-electron chi connectivity index (χ3n) is 4.64. The van der Waals surface area contributed by atoms with E-state index in [2.05, 4.69) is 16.0 Å². The van der Waals surface area contributed by atoms with Crippen LogP contribution < -0.4 is 21.7 Å². The molecule has 0 heterocycles. The highest BCUT2D eigenvalue weighted by Crippen LogP contribution is 2.12. The van der Waals surface area contributed by atoms with Gasteiger partial charge in [0.05, 0.1) is 6.04 Å². The summed E-state index contributed by atoms with van der Waals surface area (Å²) >= 11 is 3.07. The summed E-state index contributed by atoms with van der Waals surface area (Å²) in [6, 6.07) is 3.34. The summed E-state index contributed by atoms with van der Waals surface area (Å²) in [4.78, 5) is 48.9. The van der Waals surface area contributed by atoms with E-state index < -0.39 is 48.4 Å². The van der Waals surface area contributed by atoms with Crippen molar-refractivity contribution in [2.24, 2.45) is 5.73 Å². The Morgan fingerprint density at radius 3 is 2.06 bits per heavy atom. The SMILES string of the molecule is CSCCC(N)C(=O)NC(CCSC)C(=O)NC(Cc1ccc(O)cc1)C(=O)NCC(=O)O. The van der Waals surface area contributed by atoms with Crippen molar-refractivity contribution in [3.63, 3.8) is 0 Å². The third kappa shape index (κ3) is 11.3. The molecule has 0 saturated heterocycles. The Kier molecular flexibility index (Phi) is 13.3. The number of carbonyl (C=O) groups is 4. The van der Waals surface area contributed by atoms with Crippen LogP contribution in [0.4, 0.5) is 0 Å². The summed E-state index contributed by atoms with van der Waals surface area (Å²) < 4.78 is 0. The number of phenolic OH excluding ortho intramolecular Hbond substituents is 1. The van der Waals surface area contributed by atoms with Crippen LogP contribution in [-0.4, -0.2) is 82.6 Å². The molecule has 0 aromatic heterocycles. The van der Waals surface area contributed by atoms with Gasteiger partial charge in [0.15, 0.2) is 0 Å². The molecule has 3 amide bonds. The maximum absolute atomic E-state index is 13.0. The van der Waals surface area contributed by atoms with Crippen molar-refractivity contribution >= 4 is 47.2 Å². The highest BCUT2D eigenvalue weighted by Gasteiger charge is 2.28. The largest absolute Gasteiger partial charge is 0.508 e. The zero-order valence-corrected chi connectivity index (χ0v) is 20.3. The molecule has 1 rings (SSSR count). The lowest BCUT2D eigenvalue weighted by Gasteiger charge is -2.24. The maximum Gasteiger partial charge on any atom is 0.322 e. The quantitative estimate of drug-likeness (QED) is 0.193.